The first-order valence-corrected chi connectivity index (χ1v) is 7.07. The molecule has 0 fully saturated rings. The highest BCUT2D eigenvalue weighted by Gasteiger charge is 2.14. The van der Waals surface area contributed by atoms with Crippen LogP contribution in [0.25, 0.3) is 0 Å². The second-order valence-electron chi connectivity index (χ2n) is 4.64. The molecule has 19 heavy (non-hydrogen) atoms. The molecular weight excluding hydrogens is 260 g/mol. The normalized spacial score (nSPS) is 12.6. The zero-order chi connectivity index (χ0) is 14.0. The van der Waals surface area contributed by atoms with Gasteiger partial charge in [-0.2, -0.15) is 0 Å². The number of hydrogen-bond acceptors (Lipinski definition) is 5. The maximum Gasteiger partial charge on any atom is 0.255 e. The third kappa shape index (κ3) is 3.27. The largest absolute Gasteiger partial charge is 0.310 e. The molecule has 6 heteroatoms. The summed E-state index contributed by atoms with van der Waals surface area (Å²) in [6.45, 7) is 8.25. The third-order valence-electron chi connectivity index (χ3n) is 2.92. The Kier molecular flexibility index (Phi) is 4.11. The van der Waals surface area contributed by atoms with Crippen molar-refractivity contribution in [2.24, 2.45) is 0 Å². The molecule has 2 heterocycles. The van der Waals surface area contributed by atoms with Crippen LogP contribution in [-0.2, 0) is 6.54 Å². The van der Waals surface area contributed by atoms with Crippen molar-refractivity contribution < 1.29 is 0 Å². The lowest BCUT2D eigenvalue weighted by Crippen LogP contribution is -2.27. The summed E-state index contributed by atoms with van der Waals surface area (Å²) in [5.41, 5.74) is 2.43. The molecule has 2 aromatic heterocycles. The van der Waals surface area contributed by atoms with Crippen LogP contribution in [0, 0.1) is 20.8 Å². The number of hydrogen-bond donors (Lipinski definition) is 2. The number of rotatable bonds is 4. The predicted octanol–water partition coefficient (Wildman–Crippen LogP) is 2.00. The quantitative estimate of drug-likeness (QED) is 0.897. The molecule has 2 aromatic rings. The molecule has 0 aromatic carbocycles. The van der Waals surface area contributed by atoms with E-state index in [0.29, 0.717) is 17.9 Å². The highest BCUT2D eigenvalue weighted by Crippen LogP contribution is 2.13. The van der Waals surface area contributed by atoms with Gasteiger partial charge in [-0.15, -0.1) is 11.3 Å². The molecular formula is C13H18N4OS. The van der Waals surface area contributed by atoms with Gasteiger partial charge >= 0.3 is 0 Å². The molecule has 0 saturated carbocycles. The minimum Gasteiger partial charge on any atom is -0.310 e. The number of thiazole rings is 1. The number of nitrogens with zero attached hydrogens (tertiary/aromatic N) is 2. The summed E-state index contributed by atoms with van der Waals surface area (Å²) in [5, 5.41) is 6.36. The number of aryl methyl sites for hydroxylation is 3. The topological polar surface area (TPSA) is 70.7 Å². The molecule has 5 nitrogen and oxygen atoms in total. The van der Waals surface area contributed by atoms with E-state index in [-0.39, 0.29) is 11.6 Å². The molecule has 2 N–H and O–H groups in total. The molecule has 0 aliphatic rings. The molecule has 0 aliphatic carbocycles. The van der Waals surface area contributed by atoms with Crippen molar-refractivity contribution in [3.63, 3.8) is 0 Å². The maximum absolute atomic E-state index is 12.0. The van der Waals surface area contributed by atoms with Crippen LogP contribution in [-0.4, -0.2) is 15.0 Å². The maximum atomic E-state index is 12.0. The zero-order valence-corrected chi connectivity index (χ0v) is 12.4. The van der Waals surface area contributed by atoms with Crippen LogP contribution in [0.1, 0.15) is 40.7 Å². The fourth-order valence-electron chi connectivity index (χ4n) is 2.07. The summed E-state index contributed by atoms with van der Waals surface area (Å²) in [6, 6.07) is -0.0546. The van der Waals surface area contributed by atoms with Gasteiger partial charge in [0.1, 0.15) is 10.8 Å². The van der Waals surface area contributed by atoms with E-state index in [1.54, 1.807) is 18.3 Å². The van der Waals surface area contributed by atoms with E-state index >= 15 is 0 Å². The molecule has 0 radical (unpaired) electrons. The highest BCUT2D eigenvalue weighted by molar-refractivity contribution is 7.09. The van der Waals surface area contributed by atoms with E-state index in [0.717, 1.165) is 16.4 Å². The summed E-state index contributed by atoms with van der Waals surface area (Å²) < 4.78 is 0. The Balaban J connectivity index is 2.12. The molecule has 0 saturated heterocycles. The van der Waals surface area contributed by atoms with E-state index in [2.05, 4.69) is 20.3 Å². The van der Waals surface area contributed by atoms with E-state index in [9.17, 15) is 4.79 Å². The summed E-state index contributed by atoms with van der Waals surface area (Å²) >= 11 is 1.62. The molecule has 2 rings (SSSR count). The number of aromatic nitrogens is 3. The van der Waals surface area contributed by atoms with Gasteiger partial charge < -0.3 is 10.3 Å². The summed E-state index contributed by atoms with van der Waals surface area (Å²) in [6.07, 6.45) is 0. The molecule has 1 unspecified atom stereocenters. The van der Waals surface area contributed by atoms with Crippen LogP contribution in [0.5, 0.6) is 0 Å². The Labute approximate surface area is 116 Å². The molecule has 0 spiro atoms. The number of aromatic amines is 1. The lowest BCUT2D eigenvalue weighted by Gasteiger charge is -2.14. The average Bonchev–Trinajstić information content (AvgIpc) is 2.71. The third-order valence-corrected chi connectivity index (χ3v) is 3.89. The van der Waals surface area contributed by atoms with Crippen LogP contribution >= 0.6 is 11.3 Å². The van der Waals surface area contributed by atoms with Crippen molar-refractivity contribution in [2.45, 2.75) is 40.3 Å². The second-order valence-corrected chi connectivity index (χ2v) is 5.58. The van der Waals surface area contributed by atoms with E-state index in [1.807, 2.05) is 26.2 Å². The van der Waals surface area contributed by atoms with Crippen molar-refractivity contribution in [2.75, 3.05) is 0 Å². The predicted molar refractivity (Wildman–Crippen MR) is 76.4 cm³/mol. The van der Waals surface area contributed by atoms with Gasteiger partial charge in [0.15, 0.2) is 0 Å². The van der Waals surface area contributed by atoms with Gasteiger partial charge in [0.2, 0.25) is 0 Å². The van der Waals surface area contributed by atoms with E-state index in [4.69, 9.17) is 0 Å². The minimum atomic E-state index is -0.0691. The standard InChI is InChI=1S/C13H18N4OS/c1-7-6-19-11(15-7)5-14-8(2)12-9(3)16-10(4)17-13(12)18/h6,8,14H,5H2,1-4H3,(H,16,17,18). The molecule has 1 atom stereocenters. The second kappa shape index (κ2) is 5.63. The lowest BCUT2D eigenvalue weighted by atomic mass is 10.1. The average molecular weight is 278 g/mol. The van der Waals surface area contributed by atoms with Gasteiger partial charge in [0.25, 0.3) is 5.56 Å². The SMILES string of the molecule is Cc1csc(CNC(C)c2c(C)nc(C)[nH]c2=O)n1. The van der Waals surface area contributed by atoms with E-state index in [1.165, 1.54) is 0 Å². The first-order chi connectivity index (χ1) is 8.97. The molecule has 0 bridgehead atoms. The van der Waals surface area contributed by atoms with Gasteiger partial charge in [-0.1, -0.05) is 0 Å². The fraction of sp³-hybridized carbons (Fsp3) is 0.462. The van der Waals surface area contributed by atoms with Crippen molar-refractivity contribution in [3.05, 3.63) is 43.5 Å². The number of nitrogens with one attached hydrogen (secondary N) is 2. The number of H-pyrrole nitrogens is 1. The van der Waals surface area contributed by atoms with Gasteiger partial charge in [0, 0.05) is 29.4 Å². The minimum absolute atomic E-state index is 0.0546. The van der Waals surface area contributed by atoms with Crippen LogP contribution in [0.3, 0.4) is 0 Å². The van der Waals surface area contributed by atoms with Crippen LogP contribution < -0.4 is 10.9 Å². The van der Waals surface area contributed by atoms with Gasteiger partial charge in [-0.25, -0.2) is 9.97 Å². The zero-order valence-electron chi connectivity index (χ0n) is 11.6. The highest BCUT2D eigenvalue weighted by atomic mass is 32.1. The van der Waals surface area contributed by atoms with Gasteiger partial charge in [-0.05, 0) is 27.7 Å². The summed E-state index contributed by atoms with van der Waals surface area (Å²) in [7, 11) is 0. The van der Waals surface area contributed by atoms with Crippen molar-refractivity contribution in [1.82, 2.24) is 20.3 Å². The smallest absolute Gasteiger partial charge is 0.255 e. The Morgan fingerprint density at radius 2 is 2.11 bits per heavy atom. The fourth-order valence-corrected chi connectivity index (χ4v) is 2.79. The van der Waals surface area contributed by atoms with Gasteiger partial charge in [0.05, 0.1) is 5.56 Å². The Bertz CT molecular complexity index is 632. The molecule has 0 amide bonds. The van der Waals surface area contributed by atoms with Crippen molar-refractivity contribution >= 4 is 11.3 Å². The Morgan fingerprint density at radius 3 is 2.68 bits per heavy atom. The van der Waals surface area contributed by atoms with Gasteiger partial charge in [-0.3, -0.25) is 4.79 Å². The monoisotopic (exact) mass is 278 g/mol. The van der Waals surface area contributed by atoms with Crippen molar-refractivity contribution in [3.8, 4) is 0 Å². The Morgan fingerprint density at radius 1 is 1.37 bits per heavy atom. The lowest BCUT2D eigenvalue weighted by molar-refractivity contribution is 0.561. The van der Waals surface area contributed by atoms with Crippen LogP contribution in [0.15, 0.2) is 10.2 Å². The summed E-state index contributed by atoms with van der Waals surface area (Å²) in [5.74, 6) is 0.647. The Hall–Kier alpha value is -1.53. The van der Waals surface area contributed by atoms with Crippen LogP contribution in [0.4, 0.5) is 0 Å². The molecule has 102 valence electrons. The molecule has 0 aliphatic heterocycles. The van der Waals surface area contributed by atoms with E-state index < -0.39 is 0 Å². The van der Waals surface area contributed by atoms with Crippen LogP contribution in [0.2, 0.25) is 0 Å². The van der Waals surface area contributed by atoms with Crippen molar-refractivity contribution in [1.29, 1.82) is 0 Å². The first kappa shape index (κ1) is 13.9. The summed E-state index contributed by atoms with van der Waals surface area (Å²) in [4.78, 5) is 23.4. The first-order valence-electron chi connectivity index (χ1n) is 6.19.